The molecule has 1 heterocycles. The summed E-state index contributed by atoms with van der Waals surface area (Å²) in [6.07, 6.45) is -2.23. The lowest BCUT2D eigenvalue weighted by molar-refractivity contribution is -0.142. The van der Waals surface area contributed by atoms with E-state index in [1.807, 2.05) is 29.2 Å². The van der Waals surface area contributed by atoms with Gasteiger partial charge in [-0.2, -0.15) is 13.2 Å². The SMILES string of the molecule is Cc1ccc(C(F)(F)F)c(CN2CC(COc3cccc([C@H](C4CC4)[C@H](C)C(=O)O)c3)C2)c1. The van der Waals surface area contributed by atoms with Gasteiger partial charge in [0.25, 0.3) is 0 Å². The second kappa shape index (κ2) is 9.37. The smallest absolute Gasteiger partial charge is 0.416 e. The average molecular weight is 462 g/mol. The highest BCUT2D eigenvalue weighted by molar-refractivity contribution is 5.71. The number of hydrogen-bond donors (Lipinski definition) is 1. The Hall–Kier alpha value is -2.54. The summed E-state index contributed by atoms with van der Waals surface area (Å²) in [4.78, 5) is 13.6. The standard InChI is InChI=1S/C26H30F3NO3/c1-16-6-9-23(26(27,28)29)21(10-16)14-30-12-18(13-30)15-33-22-5-3-4-20(11-22)24(19-7-8-19)17(2)25(31)32/h3-6,9-11,17-19,24H,7-8,12-15H2,1-2H3,(H,31,32)/t17-,24-/m0/s1. The summed E-state index contributed by atoms with van der Waals surface area (Å²) in [5, 5.41) is 9.48. The Morgan fingerprint density at radius 1 is 1.18 bits per heavy atom. The maximum Gasteiger partial charge on any atom is 0.416 e. The topological polar surface area (TPSA) is 49.8 Å². The van der Waals surface area contributed by atoms with Gasteiger partial charge in [-0.1, -0.05) is 36.8 Å². The largest absolute Gasteiger partial charge is 0.493 e. The first-order valence-corrected chi connectivity index (χ1v) is 11.5. The summed E-state index contributed by atoms with van der Waals surface area (Å²) in [7, 11) is 0. The lowest BCUT2D eigenvalue weighted by Gasteiger charge is -2.39. The first kappa shape index (κ1) is 23.6. The minimum Gasteiger partial charge on any atom is -0.493 e. The Morgan fingerprint density at radius 2 is 1.91 bits per heavy atom. The quantitative estimate of drug-likeness (QED) is 0.518. The van der Waals surface area contributed by atoms with Crippen LogP contribution in [0.4, 0.5) is 13.2 Å². The summed E-state index contributed by atoms with van der Waals surface area (Å²) < 4.78 is 45.9. The Labute approximate surface area is 192 Å². The first-order chi connectivity index (χ1) is 15.6. The van der Waals surface area contributed by atoms with E-state index in [4.69, 9.17) is 4.74 Å². The third kappa shape index (κ3) is 5.69. The molecule has 0 amide bonds. The fourth-order valence-corrected chi connectivity index (χ4v) is 4.89. The first-order valence-electron chi connectivity index (χ1n) is 11.5. The number of carbonyl (C=O) groups is 1. The second-order valence-corrected chi connectivity index (χ2v) is 9.59. The van der Waals surface area contributed by atoms with E-state index in [2.05, 4.69) is 0 Å². The number of benzene rings is 2. The molecule has 0 spiro atoms. The molecule has 4 rings (SSSR count). The second-order valence-electron chi connectivity index (χ2n) is 9.59. The molecule has 178 valence electrons. The normalized spacial score (nSPS) is 19.1. The number of alkyl halides is 3. The van der Waals surface area contributed by atoms with E-state index < -0.39 is 23.6 Å². The van der Waals surface area contributed by atoms with Crippen LogP contribution in [-0.4, -0.2) is 35.7 Å². The minimum atomic E-state index is -4.35. The highest BCUT2D eigenvalue weighted by atomic mass is 19.4. The molecule has 2 aromatic rings. The van der Waals surface area contributed by atoms with Gasteiger partial charge >= 0.3 is 12.1 Å². The van der Waals surface area contributed by atoms with Crippen molar-refractivity contribution in [1.29, 1.82) is 0 Å². The minimum absolute atomic E-state index is 0.0117. The molecule has 33 heavy (non-hydrogen) atoms. The summed E-state index contributed by atoms with van der Waals surface area (Å²) in [6.45, 7) is 5.70. The highest BCUT2D eigenvalue weighted by Crippen LogP contribution is 2.47. The molecule has 0 bridgehead atoms. The van der Waals surface area contributed by atoms with Crippen LogP contribution in [0.2, 0.25) is 0 Å². The van der Waals surface area contributed by atoms with Crippen LogP contribution in [0.15, 0.2) is 42.5 Å². The molecule has 0 unspecified atom stereocenters. The van der Waals surface area contributed by atoms with Crippen LogP contribution < -0.4 is 4.74 Å². The molecule has 1 aliphatic carbocycles. The van der Waals surface area contributed by atoms with E-state index in [1.165, 1.54) is 6.07 Å². The number of aliphatic carboxylic acids is 1. The Bertz CT molecular complexity index is 997. The molecule has 0 aromatic heterocycles. The molecule has 7 heteroatoms. The van der Waals surface area contributed by atoms with E-state index in [9.17, 15) is 23.1 Å². The highest BCUT2D eigenvalue weighted by Gasteiger charge is 2.39. The van der Waals surface area contributed by atoms with Gasteiger partial charge in [0.15, 0.2) is 0 Å². The van der Waals surface area contributed by atoms with E-state index in [-0.39, 0.29) is 18.4 Å². The Morgan fingerprint density at radius 3 is 2.55 bits per heavy atom. The molecule has 2 aromatic carbocycles. The molecular formula is C26H30F3NO3. The van der Waals surface area contributed by atoms with Gasteiger partial charge in [0, 0.05) is 25.6 Å². The summed E-state index contributed by atoms with van der Waals surface area (Å²) in [5.74, 6) is 0.139. The maximum absolute atomic E-state index is 13.3. The average Bonchev–Trinajstić information content (AvgIpc) is 3.54. The van der Waals surface area contributed by atoms with Crippen molar-refractivity contribution in [2.45, 2.75) is 45.3 Å². The molecule has 1 N–H and O–H groups in total. The van der Waals surface area contributed by atoms with Crippen molar-refractivity contribution in [3.8, 4) is 5.75 Å². The van der Waals surface area contributed by atoms with Crippen molar-refractivity contribution in [2.24, 2.45) is 17.8 Å². The van der Waals surface area contributed by atoms with E-state index in [1.54, 1.807) is 19.9 Å². The number of rotatable bonds is 9. The third-order valence-electron chi connectivity index (χ3n) is 6.78. The molecule has 2 fully saturated rings. The molecule has 4 nitrogen and oxygen atoms in total. The van der Waals surface area contributed by atoms with Gasteiger partial charge in [-0.05, 0) is 60.9 Å². The molecule has 2 atom stereocenters. The third-order valence-corrected chi connectivity index (χ3v) is 6.78. The molecule has 1 saturated heterocycles. The van der Waals surface area contributed by atoms with Crippen LogP contribution in [0.3, 0.4) is 0 Å². The Kier molecular flexibility index (Phi) is 6.71. The summed E-state index contributed by atoms with van der Waals surface area (Å²) >= 11 is 0. The van der Waals surface area contributed by atoms with Crippen LogP contribution >= 0.6 is 0 Å². The molecule has 0 radical (unpaired) electrons. The van der Waals surface area contributed by atoms with Crippen molar-refractivity contribution in [3.63, 3.8) is 0 Å². The van der Waals surface area contributed by atoms with Crippen molar-refractivity contribution >= 4 is 5.97 Å². The van der Waals surface area contributed by atoms with Gasteiger partial charge in [-0.25, -0.2) is 0 Å². The summed E-state index contributed by atoms with van der Waals surface area (Å²) in [6, 6.07) is 12.0. The van der Waals surface area contributed by atoms with Crippen LogP contribution in [0.1, 0.15) is 47.9 Å². The van der Waals surface area contributed by atoms with Crippen molar-refractivity contribution in [2.75, 3.05) is 19.7 Å². The van der Waals surface area contributed by atoms with Gasteiger partial charge in [0.05, 0.1) is 18.1 Å². The number of carboxylic acid groups (broad SMARTS) is 1. The molecule has 2 aliphatic rings. The lowest BCUT2D eigenvalue weighted by atomic mass is 9.83. The predicted octanol–water partition coefficient (Wildman–Crippen LogP) is 5.74. The number of hydrogen-bond acceptors (Lipinski definition) is 3. The van der Waals surface area contributed by atoms with Crippen LogP contribution in [0, 0.1) is 24.7 Å². The fourth-order valence-electron chi connectivity index (χ4n) is 4.89. The van der Waals surface area contributed by atoms with Gasteiger partial charge in [-0.3, -0.25) is 9.69 Å². The maximum atomic E-state index is 13.3. The van der Waals surface area contributed by atoms with Gasteiger partial charge in [-0.15, -0.1) is 0 Å². The number of aryl methyl sites for hydroxylation is 1. The zero-order valence-corrected chi connectivity index (χ0v) is 18.9. The number of ether oxygens (including phenoxy) is 1. The van der Waals surface area contributed by atoms with E-state index in [0.29, 0.717) is 36.9 Å². The molecule has 1 aliphatic heterocycles. The number of halogens is 3. The Balaban J connectivity index is 1.32. The van der Waals surface area contributed by atoms with E-state index in [0.717, 1.165) is 30.0 Å². The van der Waals surface area contributed by atoms with Crippen molar-refractivity contribution in [1.82, 2.24) is 4.90 Å². The van der Waals surface area contributed by atoms with Crippen molar-refractivity contribution in [3.05, 3.63) is 64.7 Å². The van der Waals surface area contributed by atoms with Crippen LogP contribution in [0.25, 0.3) is 0 Å². The lowest BCUT2D eigenvalue weighted by Crippen LogP contribution is -2.48. The number of carboxylic acids is 1. The van der Waals surface area contributed by atoms with Crippen LogP contribution in [0.5, 0.6) is 5.75 Å². The predicted molar refractivity (Wildman–Crippen MR) is 119 cm³/mol. The number of likely N-dealkylation sites (tertiary alicyclic amines) is 1. The fraction of sp³-hybridized carbons (Fsp3) is 0.500. The van der Waals surface area contributed by atoms with Crippen molar-refractivity contribution < 1.29 is 27.8 Å². The monoisotopic (exact) mass is 461 g/mol. The van der Waals surface area contributed by atoms with E-state index >= 15 is 0 Å². The van der Waals surface area contributed by atoms with Crippen LogP contribution in [-0.2, 0) is 17.5 Å². The summed E-state index contributed by atoms with van der Waals surface area (Å²) in [5.41, 5.74) is 1.57. The zero-order valence-electron chi connectivity index (χ0n) is 18.9. The number of nitrogens with zero attached hydrogens (tertiary/aromatic N) is 1. The van der Waals surface area contributed by atoms with Gasteiger partial charge < -0.3 is 9.84 Å². The van der Waals surface area contributed by atoms with Gasteiger partial charge in [0.2, 0.25) is 0 Å². The molecular weight excluding hydrogens is 431 g/mol. The van der Waals surface area contributed by atoms with Gasteiger partial charge in [0.1, 0.15) is 5.75 Å². The zero-order chi connectivity index (χ0) is 23.8. The molecule has 1 saturated carbocycles.